The number of nitrogens with zero attached hydrogens (tertiary/aromatic N) is 2. The van der Waals surface area contributed by atoms with Crippen molar-refractivity contribution >= 4 is 17.3 Å². The number of rotatable bonds is 5. The number of nitro benzene ring substituents is 1. The third-order valence-electron chi connectivity index (χ3n) is 4.52. The summed E-state index contributed by atoms with van der Waals surface area (Å²) in [5.74, 6) is 0.288. The lowest BCUT2D eigenvalue weighted by molar-refractivity contribution is -0.384. The lowest BCUT2D eigenvalue weighted by Gasteiger charge is -2.31. The van der Waals surface area contributed by atoms with Crippen molar-refractivity contribution in [2.75, 3.05) is 24.5 Å². The first-order valence-electron chi connectivity index (χ1n) is 8.29. The molecular formula is C17H26N4O3. The van der Waals surface area contributed by atoms with E-state index in [2.05, 4.69) is 12.2 Å². The Balaban J connectivity index is 2.26. The minimum Gasteiger partial charge on any atom is -0.366 e. The van der Waals surface area contributed by atoms with E-state index < -0.39 is 10.5 Å². The van der Waals surface area contributed by atoms with Gasteiger partial charge in [0.1, 0.15) is 5.69 Å². The molecule has 0 atom stereocenters. The lowest BCUT2D eigenvalue weighted by atomic mass is 9.98. The Kier molecular flexibility index (Phi) is 5.43. The number of nitrogens with one attached hydrogen (secondary N) is 1. The van der Waals surface area contributed by atoms with Crippen LogP contribution in [0.3, 0.4) is 0 Å². The normalized spacial score (nSPS) is 16.1. The number of hydrogen-bond acceptors (Lipinski definition) is 5. The van der Waals surface area contributed by atoms with Crippen LogP contribution >= 0.6 is 0 Å². The summed E-state index contributed by atoms with van der Waals surface area (Å²) in [6.45, 7) is 7.69. The first kappa shape index (κ1) is 18.2. The van der Waals surface area contributed by atoms with Gasteiger partial charge in [-0.3, -0.25) is 14.9 Å². The van der Waals surface area contributed by atoms with Gasteiger partial charge in [0.25, 0.3) is 11.6 Å². The van der Waals surface area contributed by atoms with Crippen molar-refractivity contribution in [2.45, 2.75) is 39.2 Å². The summed E-state index contributed by atoms with van der Waals surface area (Å²) >= 11 is 0. The van der Waals surface area contributed by atoms with Gasteiger partial charge in [0, 0.05) is 36.8 Å². The lowest BCUT2D eigenvalue weighted by Crippen LogP contribution is -2.48. The van der Waals surface area contributed by atoms with Gasteiger partial charge in [-0.05, 0) is 44.7 Å². The van der Waals surface area contributed by atoms with Crippen molar-refractivity contribution in [3.05, 3.63) is 33.9 Å². The van der Waals surface area contributed by atoms with Crippen molar-refractivity contribution in [3.8, 4) is 0 Å². The molecule has 0 aromatic heterocycles. The Morgan fingerprint density at radius 2 is 2.04 bits per heavy atom. The van der Waals surface area contributed by atoms with Gasteiger partial charge in [-0.1, -0.05) is 6.92 Å². The summed E-state index contributed by atoms with van der Waals surface area (Å²) in [5, 5.41) is 14.3. The summed E-state index contributed by atoms with van der Waals surface area (Å²) in [5.41, 5.74) is 5.89. The molecule has 1 aromatic carbocycles. The molecule has 0 radical (unpaired) electrons. The molecule has 2 rings (SSSR count). The third kappa shape index (κ3) is 4.23. The van der Waals surface area contributed by atoms with Gasteiger partial charge in [-0.15, -0.1) is 0 Å². The predicted octanol–water partition coefficient (Wildman–Crippen LogP) is 2.30. The number of amides is 1. The van der Waals surface area contributed by atoms with E-state index in [1.54, 1.807) is 12.1 Å². The topological polar surface area (TPSA) is 102 Å². The van der Waals surface area contributed by atoms with Crippen molar-refractivity contribution in [1.29, 1.82) is 0 Å². The van der Waals surface area contributed by atoms with Gasteiger partial charge in [0.2, 0.25) is 0 Å². The highest BCUT2D eigenvalue weighted by Gasteiger charge is 2.26. The highest BCUT2D eigenvalue weighted by Crippen LogP contribution is 2.32. The summed E-state index contributed by atoms with van der Waals surface area (Å²) in [7, 11) is 0. The molecule has 132 valence electrons. The van der Waals surface area contributed by atoms with Crippen LogP contribution in [-0.4, -0.2) is 36.0 Å². The van der Waals surface area contributed by atoms with Gasteiger partial charge >= 0.3 is 0 Å². The second kappa shape index (κ2) is 7.17. The molecule has 1 heterocycles. The van der Waals surface area contributed by atoms with Gasteiger partial charge in [-0.2, -0.15) is 0 Å². The van der Waals surface area contributed by atoms with Crippen LogP contribution in [0.25, 0.3) is 0 Å². The number of nitrogens with two attached hydrogens (primary N) is 1. The molecule has 1 aromatic rings. The SMILES string of the molecule is CC1CCN(c2ccc(C(=O)NC(C)(C)CN)cc2[N+](=O)[O-])CC1. The molecule has 7 nitrogen and oxygen atoms in total. The summed E-state index contributed by atoms with van der Waals surface area (Å²) in [4.78, 5) is 25.4. The predicted molar refractivity (Wildman–Crippen MR) is 94.3 cm³/mol. The largest absolute Gasteiger partial charge is 0.366 e. The maximum Gasteiger partial charge on any atom is 0.293 e. The van der Waals surface area contributed by atoms with Crippen molar-refractivity contribution in [1.82, 2.24) is 5.32 Å². The zero-order chi connectivity index (χ0) is 17.9. The fourth-order valence-electron chi connectivity index (χ4n) is 2.76. The zero-order valence-electron chi connectivity index (χ0n) is 14.5. The molecule has 0 saturated carbocycles. The number of hydrogen-bond donors (Lipinski definition) is 2. The molecule has 0 unspecified atom stereocenters. The second-order valence-corrected chi connectivity index (χ2v) is 7.17. The van der Waals surface area contributed by atoms with Crippen LogP contribution in [0.1, 0.15) is 44.0 Å². The smallest absolute Gasteiger partial charge is 0.293 e. The minimum atomic E-state index is -0.562. The summed E-state index contributed by atoms with van der Waals surface area (Å²) < 4.78 is 0. The fraction of sp³-hybridized carbons (Fsp3) is 0.588. The van der Waals surface area contributed by atoms with Crippen LogP contribution in [0, 0.1) is 16.0 Å². The molecular weight excluding hydrogens is 308 g/mol. The van der Waals surface area contributed by atoms with Crippen LogP contribution < -0.4 is 16.0 Å². The van der Waals surface area contributed by atoms with Gasteiger partial charge < -0.3 is 16.0 Å². The highest BCUT2D eigenvalue weighted by molar-refractivity contribution is 5.96. The Labute approximate surface area is 142 Å². The molecule has 3 N–H and O–H groups in total. The molecule has 24 heavy (non-hydrogen) atoms. The number of nitro groups is 1. The molecule has 1 aliphatic rings. The third-order valence-corrected chi connectivity index (χ3v) is 4.52. The van der Waals surface area contributed by atoms with E-state index >= 15 is 0 Å². The first-order chi connectivity index (χ1) is 11.2. The van der Waals surface area contributed by atoms with Crippen LogP contribution in [0.2, 0.25) is 0 Å². The van der Waals surface area contributed by atoms with E-state index in [1.807, 2.05) is 18.7 Å². The average Bonchev–Trinajstić information content (AvgIpc) is 2.54. The molecule has 1 fully saturated rings. The molecule has 1 amide bonds. The molecule has 0 spiro atoms. The quantitative estimate of drug-likeness (QED) is 0.635. The fourth-order valence-corrected chi connectivity index (χ4v) is 2.76. The number of carbonyl (C=O) groups excluding carboxylic acids is 1. The van der Waals surface area contributed by atoms with Crippen LogP contribution in [-0.2, 0) is 0 Å². The first-order valence-corrected chi connectivity index (χ1v) is 8.29. The molecule has 0 bridgehead atoms. The number of anilines is 1. The number of benzene rings is 1. The zero-order valence-corrected chi connectivity index (χ0v) is 14.5. The Morgan fingerprint density at radius 1 is 1.42 bits per heavy atom. The van der Waals surface area contributed by atoms with Gasteiger partial charge in [0.15, 0.2) is 0 Å². The van der Waals surface area contributed by atoms with E-state index in [-0.39, 0.29) is 23.7 Å². The molecule has 1 aliphatic heterocycles. The number of carbonyl (C=O) groups is 1. The van der Waals surface area contributed by atoms with Gasteiger partial charge in [-0.25, -0.2) is 0 Å². The van der Waals surface area contributed by atoms with E-state index in [4.69, 9.17) is 5.73 Å². The molecule has 0 aliphatic carbocycles. The van der Waals surface area contributed by atoms with E-state index in [1.165, 1.54) is 6.07 Å². The maximum atomic E-state index is 12.3. The van der Waals surface area contributed by atoms with E-state index in [9.17, 15) is 14.9 Å². The minimum absolute atomic E-state index is 0.0252. The number of piperidine rings is 1. The monoisotopic (exact) mass is 334 g/mol. The van der Waals surface area contributed by atoms with Crippen molar-refractivity contribution < 1.29 is 9.72 Å². The van der Waals surface area contributed by atoms with Gasteiger partial charge in [0.05, 0.1) is 4.92 Å². The molecule has 1 saturated heterocycles. The Bertz CT molecular complexity index is 622. The second-order valence-electron chi connectivity index (χ2n) is 7.17. The van der Waals surface area contributed by atoms with E-state index in [0.29, 0.717) is 11.6 Å². The van der Waals surface area contributed by atoms with Crippen molar-refractivity contribution in [2.24, 2.45) is 11.7 Å². The van der Waals surface area contributed by atoms with Crippen LogP contribution in [0.4, 0.5) is 11.4 Å². The Morgan fingerprint density at radius 3 is 2.58 bits per heavy atom. The van der Waals surface area contributed by atoms with Crippen LogP contribution in [0.15, 0.2) is 18.2 Å². The average molecular weight is 334 g/mol. The van der Waals surface area contributed by atoms with Crippen LogP contribution in [0.5, 0.6) is 0 Å². The maximum absolute atomic E-state index is 12.3. The summed E-state index contributed by atoms with van der Waals surface area (Å²) in [6.07, 6.45) is 2.04. The standard InChI is InChI=1S/C17H26N4O3/c1-12-6-8-20(9-7-12)14-5-4-13(10-15(14)21(23)24)16(22)19-17(2,3)11-18/h4-5,10,12H,6-9,11,18H2,1-3H3,(H,19,22). The van der Waals surface area contributed by atoms with E-state index in [0.717, 1.165) is 25.9 Å². The molecule has 7 heteroatoms. The van der Waals surface area contributed by atoms with Crippen molar-refractivity contribution in [3.63, 3.8) is 0 Å². The highest BCUT2D eigenvalue weighted by atomic mass is 16.6. The summed E-state index contributed by atoms with van der Waals surface area (Å²) in [6, 6.07) is 4.68. The Hall–Kier alpha value is -2.15.